The standard InChI is InChI=1S/C17H27N3O.HI/c1-2-3-11-18-17(20-13-7-8-14-20)19-12-15-21-16-9-5-4-6-10-16;/h4-6,9-10H,2-3,7-8,11-15H2,1H3,(H,18,19);1H. The third kappa shape index (κ3) is 6.85. The molecule has 1 fully saturated rings. The summed E-state index contributed by atoms with van der Waals surface area (Å²) >= 11 is 0. The van der Waals surface area contributed by atoms with Crippen LogP contribution in [0.4, 0.5) is 0 Å². The van der Waals surface area contributed by atoms with E-state index in [0.717, 1.165) is 44.3 Å². The lowest BCUT2D eigenvalue weighted by Gasteiger charge is -2.21. The Labute approximate surface area is 151 Å². The maximum absolute atomic E-state index is 5.71. The second-order valence-corrected chi connectivity index (χ2v) is 5.34. The fourth-order valence-corrected chi connectivity index (χ4v) is 2.39. The minimum Gasteiger partial charge on any atom is -0.492 e. The highest BCUT2D eigenvalue weighted by Crippen LogP contribution is 2.09. The third-order valence-corrected chi connectivity index (χ3v) is 3.58. The second kappa shape index (κ2) is 11.6. The molecular weight excluding hydrogens is 389 g/mol. The highest BCUT2D eigenvalue weighted by molar-refractivity contribution is 14.0. The van der Waals surface area contributed by atoms with E-state index in [1.807, 2.05) is 30.3 Å². The van der Waals surface area contributed by atoms with Crippen molar-refractivity contribution >= 4 is 29.9 Å². The Kier molecular flexibility index (Phi) is 10.0. The second-order valence-electron chi connectivity index (χ2n) is 5.34. The molecule has 1 N–H and O–H groups in total. The molecular formula is C17H28IN3O. The third-order valence-electron chi connectivity index (χ3n) is 3.58. The van der Waals surface area contributed by atoms with Crippen molar-refractivity contribution in [3.8, 4) is 5.75 Å². The number of halogens is 1. The molecule has 0 aromatic heterocycles. The predicted molar refractivity (Wildman–Crippen MR) is 103 cm³/mol. The fourth-order valence-electron chi connectivity index (χ4n) is 2.39. The molecule has 0 radical (unpaired) electrons. The SMILES string of the molecule is CCCCN=C(NCCOc1ccccc1)N1CCCC1.I. The van der Waals surface area contributed by atoms with Crippen LogP contribution in [0.1, 0.15) is 32.6 Å². The molecule has 124 valence electrons. The molecule has 0 unspecified atom stereocenters. The van der Waals surface area contributed by atoms with Crippen LogP contribution in [-0.2, 0) is 0 Å². The Morgan fingerprint density at radius 3 is 2.64 bits per heavy atom. The van der Waals surface area contributed by atoms with E-state index in [1.54, 1.807) is 0 Å². The highest BCUT2D eigenvalue weighted by Gasteiger charge is 2.15. The number of hydrogen-bond donors (Lipinski definition) is 1. The van der Waals surface area contributed by atoms with Gasteiger partial charge in [0.15, 0.2) is 5.96 Å². The Morgan fingerprint density at radius 1 is 1.23 bits per heavy atom. The number of benzene rings is 1. The highest BCUT2D eigenvalue weighted by atomic mass is 127. The first kappa shape index (κ1) is 19.1. The molecule has 1 aromatic carbocycles. The zero-order valence-corrected chi connectivity index (χ0v) is 15.8. The maximum Gasteiger partial charge on any atom is 0.194 e. The number of nitrogens with one attached hydrogen (secondary N) is 1. The van der Waals surface area contributed by atoms with Gasteiger partial charge in [0.25, 0.3) is 0 Å². The van der Waals surface area contributed by atoms with Crippen molar-refractivity contribution in [2.75, 3.05) is 32.8 Å². The lowest BCUT2D eigenvalue weighted by Crippen LogP contribution is -2.41. The summed E-state index contributed by atoms with van der Waals surface area (Å²) in [6.07, 6.45) is 4.89. The van der Waals surface area contributed by atoms with Crippen LogP contribution in [0.25, 0.3) is 0 Å². The van der Waals surface area contributed by atoms with E-state index in [1.165, 1.54) is 19.3 Å². The van der Waals surface area contributed by atoms with Crippen LogP contribution in [0.2, 0.25) is 0 Å². The van der Waals surface area contributed by atoms with E-state index in [0.29, 0.717) is 6.61 Å². The first-order valence-corrected chi connectivity index (χ1v) is 8.11. The largest absolute Gasteiger partial charge is 0.492 e. The number of para-hydroxylation sites is 1. The van der Waals surface area contributed by atoms with Crippen LogP contribution < -0.4 is 10.1 Å². The lowest BCUT2D eigenvalue weighted by molar-refractivity contribution is 0.319. The topological polar surface area (TPSA) is 36.9 Å². The minimum absolute atomic E-state index is 0. The van der Waals surface area contributed by atoms with E-state index in [4.69, 9.17) is 9.73 Å². The molecule has 0 spiro atoms. The maximum atomic E-state index is 5.71. The molecule has 22 heavy (non-hydrogen) atoms. The fraction of sp³-hybridized carbons (Fsp3) is 0.588. The van der Waals surface area contributed by atoms with Gasteiger partial charge in [0, 0.05) is 19.6 Å². The van der Waals surface area contributed by atoms with E-state index in [-0.39, 0.29) is 24.0 Å². The van der Waals surface area contributed by atoms with Crippen LogP contribution in [-0.4, -0.2) is 43.6 Å². The van der Waals surface area contributed by atoms with Crippen LogP contribution in [0.15, 0.2) is 35.3 Å². The lowest BCUT2D eigenvalue weighted by atomic mass is 10.3. The van der Waals surface area contributed by atoms with Gasteiger partial charge in [-0.3, -0.25) is 4.99 Å². The molecule has 4 nitrogen and oxygen atoms in total. The van der Waals surface area contributed by atoms with Gasteiger partial charge in [-0.1, -0.05) is 31.5 Å². The number of likely N-dealkylation sites (tertiary alicyclic amines) is 1. The van der Waals surface area contributed by atoms with Gasteiger partial charge in [0.1, 0.15) is 12.4 Å². The Bertz CT molecular complexity index is 419. The number of nitrogens with zero attached hydrogens (tertiary/aromatic N) is 2. The number of rotatable bonds is 7. The van der Waals surface area contributed by atoms with Gasteiger partial charge in [-0.15, -0.1) is 24.0 Å². The summed E-state index contributed by atoms with van der Waals surface area (Å²) in [5, 5.41) is 3.44. The summed E-state index contributed by atoms with van der Waals surface area (Å²) in [5.41, 5.74) is 0. The van der Waals surface area contributed by atoms with Gasteiger partial charge in [0.2, 0.25) is 0 Å². The molecule has 1 aliphatic heterocycles. The number of ether oxygens (including phenoxy) is 1. The van der Waals surface area contributed by atoms with E-state index >= 15 is 0 Å². The van der Waals surface area contributed by atoms with Crippen LogP contribution >= 0.6 is 24.0 Å². The first-order chi connectivity index (χ1) is 10.4. The van der Waals surface area contributed by atoms with Crippen LogP contribution in [0.5, 0.6) is 5.75 Å². The van der Waals surface area contributed by atoms with Gasteiger partial charge >= 0.3 is 0 Å². The van der Waals surface area contributed by atoms with E-state index < -0.39 is 0 Å². The van der Waals surface area contributed by atoms with Gasteiger partial charge in [-0.05, 0) is 31.4 Å². The van der Waals surface area contributed by atoms with Crippen molar-refractivity contribution in [1.82, 2.24) is 10.2 Å². The summed E-state index contributed by atoms with van der Waals surface area (Å²) in [6, 6.07) is 9.94. The Hall–Kier alpha value is -0.980. The summed E-state index contributed by atoms with van der Waals surface area (Å²) in [7, 11) is 0. The molecule has 0 saturated carbocycles. The van der Waals surface area contributed by atoms with Gasteiger partial charge in [0.05, 0.1) is 6.54 Å². The Balaban J connectivity index is 0.00000242. The summed E-state index contributed by atoms with van der Waals surface area (Å²) in [5.74, 6) is 1.97. The monoisotopic (exact) mass is 417 g/mol. The molecule has 0 aliphatic carbocycles. The number of aliphatic imine (C=N–C) groups is 1. The van der Waals surface area contributed by atoms with Crippen molar-refractivity contribution in [2.24, 2.45) is 4.99 Å². The molecule has 1 aliphatic rings. The molecule has 0 bridgehead atoms. The van der Waals surface area contributed by atoms with Gasteiger partial charge < -0.3 is 15.0 Å². The molecule has 0 atom stereocenters. The Morgan fingerprint density at radius 2 is 1.95 bits per heavy atom. The average molecular weight is 417 g/mol. The van der Waals surface area contributed by atoms with Crippen molar-refractivity contribution < 1.29 is 4.74 Å². The predicted octanol–water partition coefficient (Wildman–Crippen LogP) is 3.52. The molecule has 2 rings (SSSR count). The average Bonchev–Trinajstić information content (AvgIpc) is 3.05. The quantitative estimate of drug-likeness (QED) is 0.319. The molecule has 0 amide bonds. The summed E-state index contributed by atoms with van der Waals surface area (Å²) in [6.45, 7) is 6.80. The number of guanidine groups is 1. The smallest absolute Gasteiger partial charge is 0.194 e. The zero-order valence-electron chi connectivity index (χ0n) is 13.5. The van der Waals surface area contributed by atoms with E-state index in [2.05, 4.69) is 17.1 Å². The van der Waals surface area contributed by atoms with Crippen molar-refractivity contribution in [3.63, 3.8) is 0 Å². The summed E-state index contributed by atoms with van der Waals surface area (Å²) < 4.78 is 5.71. The van der Waals surface area contributed by atoms with Crippen molar-refractivity contribution in [2.45, 2.75) is 32.6 Å². The normalized spacial score (nSPS) is 14.6. The van der Waals surface area contributed by atoms with Gasteiger partial charge in [-0.2, -0.15) is 0 Å². The van der Waals surface area contributed by atoms with Crippen LogP contribution in [0, 0.1) is 0 Å². The molecule has 1 aromatic rings. The van der Waals surface area contributed by atoms with Crippen molar-refractivity contribution in [3.05, 3.63) is 30.3 Å². The number of unbranched alkanes of at least 4 members (excludes halogenated alkanes) is 1. The molecule has 1 saturated heterocycles. The number of hydrogen-bond acceptors (Lipinski definition) is 2. The zero-order chi connectivity index (χ0) is 14.8. The van der Waals surface area contributed by atoms with Crippen molar-refractivity contribution in [1.29, 1.82) is 0 Å². The van der Waals surface area contributed by atoms with E-state index in [9.17, 15) is 0 Å². The molecule has 1 heterocycles. The summed E-state index contributed by atoms with van der Waals surface area (Å²) in [4.78, 5) is 7.08. The first-order valence-electron chi connectivity index (χ1n) is 8.11. The van der Waals surface area contributed by atoms with Gasteiger partial charge in [-0.25, -0.2) is 0 Å². The van der Waals surface area contributed by atoms with Crippen LogP contribution in [0.3, 0.4) is 0 Å². The molecule has 5 heteroatoms. The minimum atomic E-state index is 0.